The summed E-state index contributed by atoms with van der Waals surface area (Å²) in [5.41, 5.74) is 6.23. The molecular weight excluding hydrogens is 450 g/mol. The van der Waals surface area contributed by atoms with E-state index in [0.717, 1.165) is 12.1 Å². The summed E-state index contributed by atoms with van der Waals surface area (Å²) in [6.45, 7) is 3.84. The van der Waals surface area contributed by atoms with Crippen LogP contribution in [-0.2, 0) is 12.7 Å². The molecule has 3 N–H and O–H groups in total. The minimum absolute atomic E-state index is 0.0953. The summed E-state index contributed by atoms with van der Waals surface area (Å²) in [4.78, 5) is 20.2. The molecule has 174 valence electrons. The number of nitrogens with one attached hydrogen (secondary N) is 1. The monoisotopic (exact) mass is 469 g/mol. The molecule has 0 radical (unpaired) electrons. The lowest BCUT2D eigenvalue weighted by atomic mass is 10.0. The van der Waals surface area contributed by atoms with Gasteiger partial charge in [0.15, 0.2) is 5.65 Å². The third-order valence-corrected chi connectivity index (χ3v) is 5.40. The SMILES string of the molecule is C=Cc1cc(Cn2cnc3ccc(-c4ccc(C(N)=O)c(C(F)(F)F)c4)nc32)c(F)cc1NC. The van der Waals surface area contributed by atoms with E-state index in [1.54, 1.807) is 29.8 Å². The summed E-state index contributed by atoms with van der Waals surface area (Å²) < 4.78 is 56.7. The second kappa shape index (κ2) is 8.62. The number of aromatic nitrogens is 3. The maximum Gasteiger partial charge on any atom is 0.417 e. The first-order valence-electron chi connectivity index (χ1n) is 10.1. The highest BCUT2D eigenvalue weighted by atomic mass is 19.4. The van der Waals surface area contributed by atoms with Crippen LogP contribution in [0.5, 0.6) is 0 Å². The van der Waals surface area contributed by atoms with Gasteiger partial charge in [-0.3, -0.25) is 4.79 Å². The molecule has 0 aliphatic rings. The molecule has 4 rings (SSSR count). The molecule has 2 heterocycles. The standard InChI is InChI=1S/C24H19F4N5O/c1-3-13-8-15(18(25)10-21(13)30-2)11-33-12-31-20-7-6-19(32-23(20)33)14-4-5-16(22(29)34)17(9-14)24(26,27)28/h3-10,12,30H,1,11H2,2H3,(H2,29,34). The Hall–Kier alpha value is -4.21. The number of alkyl halides is 3. The third kappa shape index (κ3) is 4.21. The van der Waals surface area contributed by atoms with Crippen molar-refractivity contribution in [2.75, 3.05) is 12.4 Å². The van der Waals surface area contributed by atoms with Crippen molar-refractivity contribution in [2.45, 2.75) is 12.7 Å². The Morgan fingerprint density at radius 3 is 2.62 bits per heavy atom. The van der Waals surface area contributed by atoms with E-state index in [-0.39, 0.29) is 17.8 Å². The lowest BCUT2D eigenvalue weighted by Crippen LogP contribution is -2.18. The zero-order chi connectivity index (χ0) is 24.6. The molecule has 2 aromatic heterocycles. The molecule has 0 aliphatic heterocycles. The first kappa shape index (κ1) is 23.0. The average Bonchev–Trinajstić information content (AvgIpc) is 3.21. The van der Waals surface area contributed by atoms with Gasteiger partial charge in [-0.05, 0) is 42.0 Å². The van der Waals surface area contributed by atoms with Crippen LogP contribution in [0.25, 0.3) is 28.5 Å². The van der Waals surface area contributed by atoms with E-state index in [0.29, 0.717) is 28.0 Å². The summed E-state index contributed by atoms with van der Waals surface area (Å²) in [7, 11) is 1.68. The molecule has 1 amide bonds. The minimum atomic E-state index is -4.77. The van der Waals surface area contributed by atoms with Crippen LogP contribution in [0.3, 0.4) is 0 Å². The highest BCUT2D eigenvalue weighted by molar-refractivity contribution is 5.95. The zero-order valence-corrected chi connectivity index (χ0v) is 17.9. The second-order valence-corrected chi connectivity index (χ2v) is 7.52. The van der Waals surface area contributed by atoms with Crippen LogP contribution in [0.15, 0.2) is 55.4 Å². The first-order chi connectivity index (χ1) is 16.1. The summed E-state index contributed by atoms with van der Waals surface area (Å²) in [6.07, 6.45) is -1.69. The molecule has 0 saturated heterocycles. The molecule has 4 aromatic rings. The van der Waals surface area contributed by atoms with Crippen LogP contribution in [0.2, 0.25) is 0 Å². The van der Waals surface area contributed by atoms with Crippen molar-refractivity contribution < 1.29 is 22.4 Å². The Bertz CT molecular complexity index is 1430. The van der Waals surface area contributed by atoms with Gasteiger partial charge in [0.2, 0.25) is 5.91 Å². The number of fused-ring (bicyclic) bond motifs is 1. The van der Waals surface area contributed by atoms with Crippen LogP contribution < -0.4 is 11.1 Å². The molecule has 0 bridgehead atoms. The number of carbonyl (C=O) groups is 1. The van der Waals surface area contributed by atoms with Gasteiger partial charge in [-0.2, -0.15) is 13.2 Å². The van der Waals surface area contributed by atoms with E-state index in [1.807, 2.05) is 0 Å². The number of benzene rings is 2. The van der Waals surface area contributed by atoms with E-state index < -0.39 is 29.0 Å². The van der Waals surface area contributed by atoms with Crippen LogP contribution in [0, 0.1) is 5.82 Å². The van der Waals surface area contributed by atoms with E-state index >= 15 is 0 Å². The Morgan fingerprint density at radius 2 is 1.97 bits per heavy atom. The van der Waals surface area contributed by atoms with Gasteiger partial charge >= 0.3 is 6.18 Å². The number of hydrogen-bond acceptors (Lipinski definition) is 4. The number of hydrogen-bond donors (Lipinski definition) is 2. The molecule has 2 aromatic carbocycles. The zero-order valence-electron chi connectivity index (χ0n) is 17.9. The lowest BCUT2D eigenvalue weighted by molar-refractivity contribution is -0.137. The number of halogens is 4. The van der Waals surface area contributed by atoms with Gasteiger partial charge in [-0.25, -0.2) is 14.4 Å². The molecule has 34 heavy (non-hydrogen) atoms. The van der Waals surface area contributed by atoms with Gasteiger partial charge in [0.05, 0.1) is 29.7 Å². The van der Waals surface area contributed by atoms with Gasteiger partial charge in [0, 0.05) is 23.9 Å². The summed E-state index contributed by atoms with van der Waals surface area (Å²) in [5.74, 6) is -1.62. The number of pyridine rings is 1. The Balaban J connectivity index is 1.77. The molecule has 0 spiro atoms. The number of anilines is 1. The smallest absolute Gasteiger partial charge is 0.388 e. The number of carbonyl (C=O) groups excluding carboxylic acids is 1. The van der Waals surface area contributed by atoms with Gasteiger partial charge in [-0.15, -0.1) is 0 Å². The minimum Gasteiger partial charge on any atom is -0.388 e. The Morgan fingerprint density at radius 1 is 1.21 bits per heavy atom. The van der Waals surface area contributed by atoms with Crippen molar-refractivity contribution in [1.82, 2.24) is 14.5 Å². The molecule has 0 atom stereocenters. The Kier molecular flexibility index (Phi) is 5.82. The predicted octanol–water partition coefficient (Wildman–Crippen LogP) is 5.09. The predicted molar refractivity (Wildman–Crippen MR) is 122 cm³/mol. The quantitative estimate of drug-likeness (QED) is 0.385. The highest BCUT2D eigenvalue weighted by Crippen LogP contribution is 2.35. The maximum absolute atomic E-state index is 14.7. The van der Waals surface area contributed by atoms with Crippen molar-refractivity contribution >= 4 is 28.8 Å². The topological polar surface area (TPSA) is 85.8 Å². The number of imidazole rings is 1. The number of amides is 1. The highest BCUT2D eigenvalue weighted by Gasteiger charge is 2.35. The average molecular weight is 469 g/mol. The van der Waals surface area contributed by atoms with Gasteiger partial charge in [0.25, 0.3) is 0 Å². The maximum atomic E-state index is 14.7. The molecule has 0 unspecified atom stereocenters. The molecular formula is C24H19F4N5O. The molecule has 0 aliphatic carbocycles. The fourth-order valence-corrected chi connectivity index (χ4v) is 3.70. The number of primary amides is 1. The molecule has 0 saturated carbocycles. The summed E-state index contributed by atoms with van der Waals surface area (Å²) >= 11 is 0. The Labute approximate surface area is 191 Å². The van der Waals surface area contributed by atoms with Crippen molar-refractivity contribution in [3.8, 4) is 11.3 Å². The van der Waals surface area contributed by atoms with Crippen LogP contribution in [0.4, 0.5) is 23.2 Å². The van der Waals surface area contributed by atoms with Gasteiger partial charge in [0.1, 0.15) is 11.3 Å². The molecule has 10 heteroatoms. The van der Waals surface area contributed by atoms with Crippen molar-refractivity contribution in [3.05, 3.63) is 83.4 Å². The van der Waals surface area contributed by atoms with Crippen LogP contribution >= 0.6 is 0 Å². The van der Waals surface area contributed by atoms with Crippen molar-refractivity contribution in [3.63, 3.8) is 0 Å². The summed E-state index contributed by atoms with van der Waals surface area (Å²) in [6, 6.07) is 9.36. The second-order valence-electron chi connectivity index (χ2n) is 7.52. The lowest BCUT2D eigenvalue weighted by Gasteiger charge is -2.13. The van der Waals surface area contributed by atoms with E-state index in [1.165, 1.54) is 24.5 Å². The van der Waals surface area contributed by atoms with Gasteiger partial charge in [-0.1, -0.05) is 18.7 Å². The van der Waals surface area contributed by atoms with E-state index in [9.17, 15) is 22.4 Å². The van der Waals surface area contributed by atoms with Gasteiger partial charge < -0.3 is 15.6 Å². The van der Waals surface area contributed by atoms with Crippen molar-refractivity contribution in [1.29, 1.82) is 0 Å². The van der Waals surface area contributed by atoms with E-state index in [4.69, 9.17) is 5.73 Å². The first-order valence-corrected chi connectivity index (χ1v) is 10.1. The third-order valence-electron chi connectivity index (χ3n) is 5.40. The normalized spacial score (nSPS) is 11.6. The fraction of sp³-hybridized carbons (Fsp3) is 0.125. The van der Waals surface area contributed by atoms with Crippen molar-refractivity contribution in [2.24, 2.45) is 5.73 Å². The molecule has 0 fully saturated rings. The van der Waals surface area contributed by atoms with Crippen LogP contribution in [-0.4, -0.2) is 27.5 Å². The summed E-state index contributed by atoms with van der Waals surface area (Å²) in [5, 5.41) is 2.90. The largest absolute Gasteiger partial charge is 0.417 e. The van der Waals surface area contributed by atoms with E-state index in [2.05, 4.69) is 21.9 Å². The number of nitrogens with two attached hydrogens (primary N) is 1. The number of nitrogens with zero attached hydrogens (tertiary/aromatic N) is 3. The fourth-order valence-electron chi connectivity index (χ4n) is 3.70. The molecule has 6 nitrogen and oxygen atoms in total. The van der Waals surface area contributed by atoms with Crippen LogP contribution in [0.1, 0.15) is 27.0 Å². The number of rotatable bonds is 6.